The summed E-state index contributed by atoms with van der Waals surface area (Å²) < 4.78 is 17.0. The van der Waals surface area contributed by atoms with Gasteiger partial charge in [-0.2, -0.15) is 0 Å². The van der Waals surface area contributed by atoms with Crippen molar-refractivity contribution in [3.05, 3.63) is 53.6 Å². The predicted molar refractivity (Wildman–Crippen MR) is 127 cm³/mol. The first kappa shape index (κ1) is 23.1. The van der Waals surface area contributed by atoms with Crippen LogP contribution in [0.3, 0.4) is 0 Å². The summed E-state index contributed by atoms with van der Waals surface area (Å²) >= 11 is 0. The van der Waals surface area contributed by atoms with Crippen molar-refractivity contribution in [1.82, 2.24) is 10.6 Å². The molecule has 0 aromatic heterocycles. The molecule has 3 rings (SSSR count). The Morgan fingerprint density at radius 1 is 1.14 bits per heavy atom. The number of methoxy groups -OCH3 is 1. The molecule has 0 spiro atoms. The number of rotatable bonds is 8. The number of halogens is 1. The molecule has 0 saturated heterocycles. The molecule has 29 heavy (non-hydrogen) atoms. The quantitative estimate of drug-likeness (QED) is 0.321. The smallest absolute Gasteiger partial charge is 0.191 e. The maximum Gasteiger partial charge on any atom is 0.191 e. The van der Waals surface area contributed by atoms with Crippen LogP contribution in [0.1, 0.15) is 25.0 Å². The Labute approximate surface area is 190 Å². The van der Waals surface area contributed by atoms with Gasteiger partial charge in [0.05, 0.1) is 26.8 Å². The third-order valence-electron chi connectivity index (χ3n) is 4.50. The largest absolute Gasteiger partial charge is 0.493 e. The second-order valence-electron chi connectivity index (χ2n) is 6.55. The molecule has 0 amide bonds. The second kappa shape index (κ2) is 11.7. The summed E-state index contributed by atoms with van der Waals surface area (Å²) in [7, 11) is 1.65. The van der Waals surface area contributed by atoms with Crippen LogP contribution in [0.5, 0.6) is 17.2 Å². The zero-order chi connectivity index (χ0) is 19.8. The number of hydrogen-bond acceptors (Lipinski definition) is 4. The van der Waals surface area contributed by atoms with Gasteiger partial charge in [-0.05, 0) is 43.2 Å². The van der Waals surface area contributed by atoms with E-state index in [9.17, 15) is 0 Å². The molecule has 2 aromatic carbocycles. The zero-order valence-electron chi connectivity index (χ0n) is 17.2. The van der Waals surface area contributed by atoms with E-state index in [0.29, 0.717) is 19.7 Å². The van der Waals surface area contributed by atoms with E-state index in [-0.39, 0.29) is 30.1 Å². The minimum absolute atomic E-state index is 0. The molecule has 2 N–H and O–H groups in total. The standard InChI is InChI=1S/C22H29N3O3.HI/c1-4-23-22(25-15-18-13-17-8-6-7-9-19(17)28-18)24-14-16-10-11-20(26-3)21(12-16)27-5-2;/h6-12,18H,4-5,13-15H2,1-3H3,(H2,23,24,25);1H. The van der Waals surface area contributed by atoms with E-state index in [4.69, 9.17) is 19.2 Å². The number of nitrogens with one attached hydrogen (secondary N) is 2. The van der Waals surface area contributed by atoms with Gasteiger partial charge in [-0.3, -0.25) is 0 Å². The molecule has 0 fully saturated rings. The lowest BCUT2D eigenvalue weighted by atomic mass is 10.1. The molecule has 1 aliphatic heterocycles. The van der Waals surface area contributed by atoms with Gasteiger partial charge in [0.25, 0.3) is 0 Å². The number of benzene rings is 2. The van der Waals surface area contributed by atoms with E-state index < -0.39 is 0 Å². The average Bonchev–Trinajstić information content (AvgIpc) is 3.13. The van der Waals surface area contributed by atoms with Gasteiger partial charge >= 0.3 is 0 Å². The molecule has 7 heteroatoms. The normalized spacial score (nSPS) is 15.0. The fourth-order valence-corrected chi connectivity index (χ4v) is 3.18. The van der Waals surface area contributed by atoms with Crippen LogP contribution in [0.4, 0.5) is 0 Å². The molecule has 0 radical (unpaired) electrons. The molecule has 1 aliphatic rings. The Morgan fingerprint density at radius 3 is 2.69 bits per heavy atom. The molecular formula is C22H30IN3O3. The molecule has 0 aliphatic carbocycles. The summed E-state index contributed by atoms with van der Waals surface area (Å²) in [4.78, 5) is 4.69. The SMILES string of the molecule is CCNC(=NCc1ccc(OC)c(OCC)c1)NCC1Cc2ccccc2O1.I. The Balaban J connectivity index is 0.00000300. The van der Waals surface area contributed by atoms with Gasteiger partial charge in [0, 0.05) is 13.0 Å². The van der Waals surface area contributed by atoms with E-state index >= 15 is 0 Å². The van der Waals surface area contributed by atoms with E-state index in [1.165, 1.54) is 5.56 Å². The molecule has 1 atom stereocenters. The van der Waals surface area contributed by atoms with Crippen LogP contribution in [0.15, 0.2) is 47.5 Å². The molecule has 0 bridgehead atoms. The van der Waals surface area contributed by atoms with Crippen LogP contribution in [-0.4, -0.2) is 38.9 Å². The van der Waals surface area contributed by atoms with Gasteiger partial charge in [-0.25, -0.2) is 4.99 Å². The summed E-state index contributed by atoms with van der Waals surface area (Å²) in [5.74, 6) is 3.24. The van der Waals surface area contributed by atoms with Gasteiger partial charge in [-0.1, -0.05) is 24.3 Å². The van der Waals surface area contributed by atoms with E-state index in [1.54, 1.807) is 7.11 Å². The lowest BCUT2D eigenvalue weighted by molar-refractivity contribution is 0.235. The van der Waals surface area contributed by atoms with Crippen LogP contribution in [0.25, 0.3) is 0 Å². The van der Waals surface area contributed by atoms with Crippen molar-refractivity contribution < 1.29 is 14.2 Å². The summed E-state index contributed by atoms with van der Waals surface area (Å²) in [6, 6.07) is 14.1. The highest BCUT2D eigenvalue weighted by Crippen LogP contribution is 2.29. The Kier molecular flexibility index (Phi) is 9.37. The minimum atomic E-state index is 0. The lowest BCUT2D eigenvalue weighted by Crippen LogP contribution is -2.42. The van der Waals surface area contributed by atoms with E-state index in [0.717, 1.165) is 41.7 Å². The topological polar surface area (TPSA) is 64.1 Å². The number of fused-ring (bicyclic) bond motifs is 1. The first-order valence-corrected chi connectivity index (χ1v) is 9.80. The predicted octanol–water partition coefficient (Wildman–Crippen LogP) is 3.77. The van der Waals surface area contributed by atoms with Crippen molar-refractivity contribution in [3.63, 3.8) is 0 Å². The summed E-state index contributed by atoms with van der Waals surface area (Å²) in [5.41, 5.74) is 2.32. The number of aliphatic imine (C=N–C) groups is 1. The summed E-state index contributed by atoms with van der Waals surface area (Å²) in [6.07, 6.45) is 1.03. The average molecular weight is 511 g/mol. The molecule has 0 saturated carbocycles. The van der Waals surface area contributed by atoms with Gasteiger partial charge in [0.15, 0.2) is 17.5 Å². The van der Waals surface area contributed by atoms with Crippen LogP contribution in [0.2, 0.25) is 0 Å². The van der Waals surface area contributed by atoms with E-state index in [2.05, 4.69) is 29.7 Å². The molecule has 158 valence electrons. The fourth-order valence-electron chi connectivity index (χ4n) is 3.18. The fraction of sp³-hybridized carbons (Fsp3) is 0.409. The maximum atomic E-state index is 5.99. The Hall–Kier alpha value is -2.16. The van der Waals surface area contributed by atoms with Crippen LogP contribution in [0, 0.1) is 0 Å². The van der Waals surface area contributed by atoms with E-state index in [1.807, 2.05) is 37.3 Å². The van der Waals surface area contributed by atoms with Crippen molar-refractivity contribution in [2.24, 2.45) is 4.99 Å². The zero-order valence-corrected chi connectivity index (χ0v) is 19.6. The highest BCUT2D eigenvalue weighted by Gasteiger charge is 2.22. The van der Waals surface area contributed by atoms with Gasteiger partial charge in [-0.15, -0.1) is 24.0 Å². The first-order valence-electron chi connectivity index (χ1n) is 9.80. The van der Waals surface area contributed by atoms with Crippen LogP contribution in [-0.2, 0) is 13.0 Å². The first-order chi connectivity index (χ1) is 13.7. The second-order valence-corrected chi connectivity index (χ2v) is 6.55. The molecule has 1 heterocycles. The van der Waals surface area contributed by atoms with Gasteiger partial charge < -0.3 is 24.8 Å². The number of ether oxygens (including phenoxy) is 3. The van der Waals surface area contributed by atoms with Crippen LogP contribution >= 0.6 is 24.0 Å². The third kappa shape index (κ3) is 6.42. The highest BCUT2D eigenvalue weighted by molar-refractivity contribution is 14.0. The lowest BCUT2D eigenvalue weighted by Gasteiger charge is -2.15. The monoisotopic (exact) mass is 511 g/mol. The summed E-state index contributed by atoms with van der Waals surface area (Å²) in [6.45, 7) is 6.65. The minimum Gasteiger partial charge on any atom is -0.493 e. The van der Waals surface area contributed by atoms with Crippen molar-refractivity contribution in [1.29, 1.82) is 0 Å². The molecule has 2 aromatic rings. The molecule has 6 nitrogen and oxygen atoms in total. The summed E-state index contributed by atoms with van der Waals surface area (Å²) in [5, 5.41) is 6.68. The van der Waals surface area contributed by atoms with Crippen molar-refractivity contribution in [3.8, 4) is 17.2 Å². The maximum absolute atomic E-state index is 5.99. The van der Waals surface area contributed by atoms with Gasteiger partial charge in [0.1, 0.15) is 11.9 Å². The molecule has 1 unspecified atom stereocenters. The number of para-hydroxylation sites is 1. The number of guanidine groups is 1. The van der Waals surface area contributed by atoms with Crippen molar-refractivity contribution in [2.45, 2.75) is 32.9 Å². The number of hydrogen-bond donors (Lipinski definition) is 2. The third-order valence-corrected chi connectivity index (χ3v) is 4.50. The Bertz CT molecular complexity index is 789. The molecular weight excluding hydrogens is 481 g/mol. The number of nitrogens with zero attached hydrogens (tertiary/aromatic N) is 1. The van der Waals surface area contributed by atoms with Gasteiger partial charge in [0.2, 0.25) is 0 Å². The van der Waals surface area contributed by atoms with Crippen molar-refractivity contribution >= 4 is 29.9 Å². The Morgan fingerprint density at radius 2 is 1.97 bits per heavy atom. The van der Waals surface area contributed by atoms with Crippen molar-refractivity contribution in [2.75, 3.05) is 26.8 Å². The van der Waals surface area contributed by atoms with Crippen LogP contribution < -0.4 is 24.8 Å². The highest BCUT2D eigenvalue weighted by atomic mass is 127.